The number of rotatable bonds is 2. The normalized spacial score (nSPS) is 16.1. The molecule has 0 unspecified atom stereocenters. The maximum atomic E-state index is 11.8. The zero-order valence-corrected chi connectivity index (χ0v) is 10.5. The van der Waals surface area contributed by atoms with Crippen LogP contribution in [0.5, 0.6) is 5.75 Å². The van der Waals surface area contributed by atoms with Crippen LogP contribution in [0.2, 0.25) is 0 Å². The van der Waals surface area contributed by atoms with Crippen LogP contribution in [0, 0.1) is 0 Å². The second-order valence-corrected chi connectivity index (χ2v) is 4.26. The number of carbonyl (C=O) groups excluding carboxylic acids is 1. The van der Waals surface area contributed by atoms with Crippen molar-refractivity contribution in [3.63, 3.8) is 0 Å². The minimum Gasteiger partial charge on any atom is -0.507 e. The van der Waals surface area contributed by atoms with Gasteiger partial charge in [-0.05, 0) is 24.3 Å². The topological polar surface area (TPSA) is 58.9 Å². The fourth-order valence-corrected chi connectivity index (χ4v) is 1.87. The van der Waals surface area contributed by atoms with Gasteiger partial charge in [0, 0.05) is 11.1 Å². The zero-order valence-electron chi connectivity index (χ0n) is 10.5. The van der Waals surface area contributed by atoms with Crippen LogP contribution < -0.4 is 0 Å². The number of benzene rings is 2. The van der Waals surface area contributed by atoms with Crippen molar-refractivity contribution in [3.8, 4) is 5.75 Å². The second kappa shape index (κ2) is 5.01. The molecule has 0 bridgehead atoms. The van der Waals surface area contributed by atoms with Gasteiger partial charge in [-0.2, -0.15) is 0 Å². The van der Waals surface area contributed by atoms with Crippen LogP contribution in [-0.4, -0.2) is 17.0 Å². The number of nitrogens with zero attached hydrogens (tertiary/aromatic N) is 1. The van der Waals surface area contributed by atoms with Crippen LogP contribution >= 0.6 is 0 Å². The lowest BCUT2D eigenvalue weighted by Crippen LogP contribution is -2.04. The summed E-state index contributed by atoms with van der Waals surface area (Å²) in [6, 6.07) is 15.9. The minimum absolute atomic E-state index is 0.0937. The molecule has 20 heavy (non-hydrogen) atoms. The first kappa shape index (κ1) is 12.2. The standard InChI is InChI=1S/C16H11NO3/c18-14-9-5-4-8-12(14)10-13-16(19)20-15(17-13)11-6-2-1-3-7-11/h1-10,18H/b13-10+. The van der Waals surface area contributed by atoms with Crippen LogP contribution in [0.3, 0.4) is 0 Å². The Labute approximate surface area is 115 Å². The molecule has 0 atom stereocenters. The quantitative estimate of drug-likeness (QED) is 0.671. The number of esters is 1. The highest BCUT2D eigenvalue weighted by Gasteiger charge is 2.24. The Bertz CT molecular complexity index is 718. The summed E-state index contributed by atoms with van der Waals surface area (Å²) in [6.45, 7) is 0. The van der Waals surface area contributed by atoms with Crippen LogP contribution in [0.1, 0.15) is 11.1 Å². The molecular weight excluding hydrogens is 254 g/mol. The summed E-state index contributed by atoms with van der Waals surface area (Å²) < 4.78 is 5.13. The Hall–Kier alpha value is -2.88. The van der Waals surface area contributed by atoms with E-state index in [4.69, 9.17) is 4.74 Å². The predicted molar refractivity (Wildman–Crippen MR) is 75.2 cm³/mol. The molecule has 2 aromatic carbocycles. The van der Waals surface area contributed by atoms with Gasteiger partial charge < -0.3 is 9.84 Å². The summed E-state index contributed by atoms with van der Waals surface area (Å²) in [4.78, 5) is 16.0. The SMILES string of the molecule is O=C1OC(c2ccccc2)=N/C1=C/c1ccccc1O. The molecular formula is C16H11NO3. The van der Waals surface area contributed by atoms with Gasteiger partial charge >= 0.3 is 5.97 Å². The lowest BCUT2D eigenvalue weighted by molar-refractivity contribution is -0.129. The maximum absolute atomic E-state index is 11.8. The molecule has 3 rings (SSSR count). The number of phenolic OH excluding ortho intramolecular Hbond substituents is 1. The number of aliphatic imine (C=N–C) groups is 1. The number of hydrogen-bond acceptors (Lipinski definition) is 4. The fraction of sp³-hybridized carbons (Fsp3) is 0. The molecule has 0 saturated carbocycles. The summed E-state index contributed by atoms with van der Waals surface area (Å²) in [5.74, 6) is -0.152. The average Bonchev–Trinajstić information content (AvgIpc) is 2.84. The molecule has 1 heterocycles. The van der Waals surface area contributed by atoms with Crippen molar-refractivity contribution in [3.05, 3.63) is 71.4 Å². The van der Waals surface area contributed by atoms with Crippen LogP contribution in [0.25, 0.3) is 6.08 Å². The van der Waals surface area contributed by atoms with E-state index in [2.05, 4.69) is 4.99 Å². The Morgan fingerprint density at radius 2 is 1.70 bits per heavy atom. The van der Waals surface area contributed by atoms with Gasteiger partial charge in [-0.15, -0.1) is 0 Å². The van der Waals surface area contributed by atoms with E-state index in [1.54, 1.807) is 24.3 Å². The summed E-state index contributed by atoms with van der Waals surface area (Å²) in [5, 5.41) is 9.69. The summed E-state index contributed by atoms with van der Waals surface area (Å²) in [5.41, 5.74) is 1.43. The first-order valence-corrected chi connectivity index (χ1v) is 6.10. The highest BCUT2D eigenvalue weighted by molar-refractivity contribution is 6.12. The zero-order chi connectivity index (χ0) is 13.9. The molecule has 1 aliphatic heterocycles. The van der Waals surface area contributed by atoms with Gasteiger partial charge in [0.15, 0.2) is 5.70 Å². The third-order valence-corrected chi connectivity index (χ3v) is 2.87. The molecule has 4 nitrogen and oxygen atoms in total. The summed E-state index contributed by atoms with van der Waals surface area (Å²) in [7, 11) is 0. The van der Waals surface area contributed by atoms with Crippen LogP contribution in [0.4, 0.5) is 0 Å². The molecule has 0 radical (unpaired) electrons. The molecule has 1 aliphatic rings. The molecule has 0 aliphatic carbocycles. The van der Waals surface area contributed by atoms with Gasteiger partial charge in [-0.3, -0.25) is 0 Å². The van der Waals surface area contributed by atoms with E-state index in [0.29, 0.717) is 5.56 Å². The first-order valence-electron chi connectivity index (χ1n) is 6.10. The highest BCUT2D eigenvalue weighted by Crippen LogP contribution is 2.23. The largest absolute Gasteiger partial charge is 0.507 e. The number of cyclic esters (lactones) is 1. The van der Waals surface area contributed by atoms with Crippen molar-refractivity contribution in [1.82, 2.24) is 0 Å². The van der Waals surface area contributed by atoms with Crippen molar-refractivity contribution in [2.45, 2.75) is 0 Å². The maximum Gasteiger partial charge on any atom is 0.363 e. The number of para-hydroxylation sites is 1. The van der Waals surface area contributed by atoms with Gasteiger partial charge in [0.2, 0.25) is 5.90 Å². The lowest BCUT2D eigenvalue weighted by atomic mass is 10.1. The van der Waals surface area contributed by atoms with Gasteiger partial charge in [0.25, 0.3) is 0 Å². The Morgan fingerprint density at radius 1 is 1.00 bits per heavy atom. The van der Waals surface area contributed by atoms with Crippen LogP contribution in [0.15, 0.2) is 65.3 Å². The van der Waals surface area contributed by atoms with Crippen LogP contribution in [-0.2, 0) is 9.53 Å². The van der Waals surface area contributed by atoms with E-state index < -0.39 is 5.97 Å². The number of hydrogen-bond donors (Lipinski definition) is 1. The average molecular weight is 265 g/mol. The van der Waals surface area contributed by atoms with E-state index >= 15 is 0 Å². The number of phenols is 1. The first-order chi connectivity index (χ1) is 9.74. The fourth-order valence-electron chi connectivity index (χ4n) is 1.87. The molecule has 0 spiro atoms. The number of carbonyl (C=O) groups is 1. The van der Waals surface area contributed by atoms with E-state index in [9.17, 15) is 9.90 Å². The summed E-state index contributed by atoms with van der Waals surface area (Å²) >= 11 is 0. The Morgan fingerprint density at radius 3 is 2.45 bits per heavy atom. The second-order valence-electron chi connectivity index (χ2n) is 4.26. The summed E-state index contributed by atoms with van der Waals surface area (Å²) in [6.07, 6.45) is 1.51. The number of ether oxygens (including phenoxy) is 1. The van der Waals surface area contributed by atoms with Crippen molar-refractivity contribution in [2.75, 3.05) is 0 Å². The Balaban J connectivity index is 1.97. The van der Waals surface area contributed by atoms with E-state index in [0.717, 1.165) is 5.56 Å². The number of aromatic hydroxyl groups is 1. The third kappa shape index (κ3) is 2.31. The molecule has 0 amide bonds. The third-order valence-electron chi connectivity index (χ3n) is 2.87. The van der Waals surface area contributed by atoms with Gasteiger partial charge in [0.1, 0.15) is 5.75 Å². The molecule has 98 valence electrons. The van der Waals surface area contributed by atoms with Crippen molar-refractivity contribution in [1.29, 1.82) is 0 Å². The smallest absolute Gasteiger partial charge is 0.363 e. The molecule has 0 fully saturated rings. The van der Waals surface area contributed by atoms with Gasteiger partial charge in [-0.25, -0.2) is 9.79 Å². The molecule has 2 aromatic rings. The lowest BCUT2D eigenvalue weighted by Gasteiger charge is -1.97. The molecule has 1 N–H and O–H groups in total. The molecule has 0 aromatic heterocycles. The van der Waals surface area contributed by atoms with E-state index in [1.165, 1.54) is 6.08 Å². The van der Waals surface area contributed by atoms with Crippen molar-refractivity contribution in [2.24, 2.45) is 4.99 Å². The molecule has 0 saturated heterocycles. The minimum atomic E-state index is -0.521. The van der Waals surface area contributed by atoms with Crippen molar-refractivity contribution >= 4 is 17.9 Å². The monoisotopic (exact) mass is 265 g/mol. The van der Waals surface area contributed by atoms with Crippen molar-refractivity contribution < 1.29 is 14.6 Å². The van der Waals surface area contributed by atoms with Gasteiger partial charge in [-0.1, -0.05) is 36.4 Å². The van der Waals surface area contributed by atoms with E-state index in [-0.39, 0.29) is 17.3 Å². The predicted octanol–water partition coefficient (Wildman–Crippen LogP) is 2.74. The highest BCUT2D eigenvalue weighted by atomic mass is 16.6. The van der Waals surface area contributed by atoms with E-state index in [1.807, 2.05) is 30.3 Å². The van der Waals surface area contributed by atoms with Gasteiger partial charge in [0.05, 0.1) is 0 Å². The Kier molecular flexibility index (Phi) is 3.05. The molecule has 4 heteroatoms.